The number of methoxy groups -OCH3 is 1. The normalized spacial score (nSPS) is 10.3. The molecular formula is C25H27NO4. The number of carbonyl (C=O) groups is 1. The van der Waals surface area contributed by atoms with E-state index in [1.165, 1.54) is 5.56 Å². The van der Waals surface area contributed by atoms with Crippen molar-refractivity contribution in [3.8, 4) is 17.2 Å². The fourth-order valence-electron chi connectivity index (χ4n) is 3.03. The van der Waals surface area contributed by atoms with E-state index in [0.29, 0.717) is 31.1 Å². The van der Waals surface area contributed by atoms with Crippen molar-refractivity contribution in [3.05, 3.63) is 89.5 Å². The summed E-state index contributed by atoms with van der Waals surface area (Å²) in [5.74, 6) is 2.09. The van der Waals surface area contributed by atoms with E-state index in [1.54, 1.807) is 13.2 Å². The highest BCUT2D eigenvalue weighted by Crippen LogP contribution is 2.24. The lowest BCUT2D eigenvalue weighted by Gasteiger charge is -2.14. The molecular weight excluding hydrogens is 378 g/mol. The van der Waals surface area contributed by atoms with Crippen molar-refractivity contribution < 1.29 is 19.0 Å². The molecule has 0 bridgehead atoms. The van der Waals surface area contributed by atoms with Crippen molar-refractivity contribution in [2.75, 3.05) is 20.3 Å². The second-order valence-electron chi connectivity index (χ2n) is 6.71. The maximum Gasteiger partial charge on any atom is 0.251 e. The molecule has 0 saturated heterocycles. The standard InChI is InChI=1S/C25H27NO4/c1-3-29-24-14-9-20(25(27)26-16-15-19-7-5-4-6-8-19)17-21(24)18-30-23-12-10-22(28-2)11-13-23/h4-14,17H,3,15-16,18H2,1-2H3,(H,26,27). The van der Waals surface area contributed by atoms with E-state index in [9.17, 15) is 4.79 Å². The number of hydrogen-bond donors (Lipinski definition) is 1. The summed E-state index contributed by atoms with van der Waals surface area (Å²) in [6.07, 6.45) is 0.789. The number of amides is 1. The molecule has 0 aliphatic carbocycles. The van der Waals surface area contributed by atoms with Crippen LogP contribution in [0.15, 0.2) is 72.8 Å². The van der Waals surface area contributed by atoms with Crippen LogP contribution < -0.4 is 19.5 Å². The molecule has 0 saturated carbocycles. The number of ether oxygens (including phenoxy) is 3. The predicted molar refractivity (Wildman–Crippen MR) is 117 cm³/mol. The van der Waals surface area contributed by atoms with Crippen LogP contribution in [0.4, 0.5) is 0 Å². The van der Waals surface area contributed by atoms with E-state index >= 15 is 0 Å². The van der Waals surface area contributed by atoms with Gasteiger partial charge in [-0.1, -0.05) is 30.3 Å². The molecule has 1 N–H and O–H groups in total. The molecule has 5 nitrogen and oxygen atoms in total. The maximum absolute atomic E-state index is 12.6. The van der Waals surface area contributed by atoms with E-state index < -0.39 is 0 Å². The predicted octanol–water partition coefficient (Wildman–Crippen LogP) is 4.65. The molecule has 0 fully saturated rings. The van der Waals surface area contributed by atoms with Gasteiger partial charge in [-0.2, -0.15) is 0 Å². The molecule has 0 spiro atoms. The molecule has 0 aliphatic heterocycles. The Balaban J connectivity index is 1.64. The Morgan fingerprint density at radius 1 is 0.900 bits per heavy atom. The van der Waals surface area contributed by atoms with E-state index in [4.69, 9.17) is 14.2 Å². The van der Waals surface area contributed by atoms with Gasteiger partial charge >= 0.3 is 0 Å². The van der Waals surface area contributed by atoms with Gasteiger partial charge in [0.25, 0.3) is 5.91 Å². The maximum atomic E-state index is 12.6. The monoisotopic (exact) mass is 405 g/mol. The van der Waals surface area contributed by atoms with Gasteiger partial charge in [-0.05, 0) is 61.4 Å². The average Bonchev–Trinajstić information content (AvgIpc) is 2.79. The summed E-state index contributed by atoms with van der Waals surface area (Å²) in [4.78, 5) is 12.6. The Morgan fingerprint density at radius 3 is 2.33 bits per heavy atom. The lowest BCUT2D eigenvalue weighted by atomic mass is 10.1. The third kappa shape index (κ3) is 6.01. The zero-order valence-corrected chi connectivity index (χ0v) is 17.4. The van der Waals surface area contributed by atoms with Crippen LogP contribution in [-0.2, 0) is 13.0 Å². The van der Waals surface area contributed by atoms with Gasteiger partial charge in [0, 0.05) is 17.7 Å². The summed E-state index contributed by atoms with van der Waals surface area (Å²) in [6, 6.07) is 22.9. The van der Waals surface area contributed by atoms with Crippen LogP contribution in [0.25, 0.3) is 0 Å². The molecule has 3 aromatic carbocycles. The van der Waals surface area contributed by atoms with Crippen molar-refractivity contribution in [2.24, 2.45) is 0 Å². The first-order chi connectivity index (χ1) is 14.7. The molecule has 0 aliphatic rings. The molecule has 3 aromatic rings. The zero-order valence-electron chi connectivity index (χ0n) is 17.4. The molecule has 5 heteroatoms. The van der Waals surface area contributed by atoms with Crippen LogP contribution in [0.2, 0.25) is 0 Å². The minimum absolute atomic E-state index is 0.111. The first kappa shape index (κ1) is 21.2. The molecule has 3 rings (SSSR count). The number of nitrogens with one attached hydrogen (secondary N) is 1. The summed E-state index contributed by atoms with van der Waals surface area (Å²) in [5.41, 5.74) is 2.60. The van der Waals surface area contributed by atoms with Crippen LogP contribution in [-0.4, -0.2) is 26.2 Å². The summed E-state index contributed by atoms with van der Waals surface area (Å²) < 4.78 is 16.8. The van der Waals surface area contributed by atoms with Crippen LogP contribution in [0.5, 0.6) is 17.2 Å². The van der Waals surface area contributed by atoms with E-state index in [0.717, 1.165) is 23.5 Å². The summed E-state index contributed by atoms with van der Waals surface area (Å²) >= 11 is 0. The van der Waals surface area contributed by atoms with Gasteiger partial charge in [0.2, 0.25) is 0 Å². The van der Waals surface area contributed by atoms with Crippen molar-refractivity contribution >= 4 is 5.91 Å². The van der Waals surface area contributed by atoms with Crippen molar-refractivity contribution in [2.45, 2.75) is 20.0 Å². The fourth-order valence-corrected chi connectivity index (χ4v) is 3.03. The van der Waals surface area contributed by atoms with Gasteiger partial charge in [-0.3, -0.25) is 4.79 Å². The molecule has 0 aromatic heterocycles. The highest BCUT2D eigenvalue weighted by Gasteiger charge is 2.11. The van der Waals surface area contributed by atoms with Crippen LogP contribution in [0, 0.1) is 0 Å². The van der Waals surface area contributed by atoms with Gasteiger partial charge in [0.05, 0.1) is 13.7 Å². The first-order valence-electron chi connectivity index (χ1n) is 10.0. The van der Waals surface area contributed by atoms with Crippen molar-refractivity contribution in [3.63, 3.8) is 0 Å². The van der Waals surface area contributed by atoms with E-state index in [1.807, 2.05) is 61.5 Å². The largest absolute Gasteiger partial charge is 0.497 e. The second-order valence-corrected chi connectivity index (χ2v) is 6.71. The molecule has 0 heterocycles. The molecule has 1 amide bonds. The minimum Gasteiger partial charge on any atom is -0.497 e. The minimum atomic E-state index is -0.111. The van der Waals surface area contributed by atoms with Gasteiger partial charge in [0.1, 0.15) is 23.9 Å². The highest BCUT2D eigenvalue weighted by molar-refractivity contribution is 5.94. The van der Waals surface area contributed by atoms with Gasteiger partial charge in [-0.15, -0.1) is 0 Å². The smallest absolute Gasteiger partial charge is 0.251 e. The molecule has 30 heavy (non-hydrogen) atoms. The second kappa shape index (κ2) is 10.9. The van der Waals surface area contributed by atoms with Gasteiger partial charge in [0.15, 0.2) is 0 Å². The highest BCUT2D eigenvalue weighted by atomic mass is 16.5. The van der Waals surface area contributed by atoms with E-state index in [-0.39, 0.29) is 5.91 Å². The SMILES string of the molecule is CCOc1ccc(C(=O)NCCc2ccccc2)cc1COc1ccc(OC)cc1. The number of hydrogen-bond acceptors (Lipinski definition) is 4. The summed E-state index contributed by atoms with van der Waals surface area (Å²) in [6.45, 7) is 3.34. The fraction of sp³-hybridized carbons (Fsp3) is 0.240. The third-order valence-corrected chi connectivity index (χ3v) is 4.62. The molecule has 0 radical (unpaired) electrons. The molecule has 0 atom stereocenters. The summed E-state index contributed by atoms with van der Waals surface area (Å²) in [5, 5.41) is 2.98. The Bertz CT molecular complexity index is 939. The zero-order chi connectivity index (χ0) is 21.2. The van der Waals surface area contributed by atoms with Crippen LogP contribution in [0.3, 0.4) is 0 Å². The quantitative estimate of drug-likeness (QED) is 0.534. The van der Waals surface area contributed by atoms with Crippen molar-refractivity contribution in [1.82, 2.24) is 5.32 Å². The average molecular weight is 405 g/mol. The van der Waals surface area contributed by atoms with Gasteiger partial charge in [-0.25, -0.2) is 0 Å². The summed E-state index contributed by atoms with van der Waals surface area (Å²) in [7, 11) is 1.63. The third-order valence-electron chi connectivity index (χ3n) is 4.62. The van der Waals surface area contributed by atoms with Crippen LogP contribution in [0.1, 0.15) is 28.4 Å². The topological polar surface area (TPSA) is 56.8 Å². The van der Waals surface area contributed by atoms with Crippen molar-refractivity contribution in [1.29, 1.82) is 0 Å². The van der Waals surface area contributed by atoms with Crippen LogP contribution >= 0.6 is 0 Å². The van der Waals surface area contributed by atoms with Gasteiger partial charge < -0.3 is 19.5 Å². The number of benzene rings is 3. The molecule has 0 unspecified atom stereocenters. The Morgan fingerprint density at radius 2 is 1.63 bits per heavy atom. The first-order valence-corrected chi connectivity index (χ1v) is 10.0. The Hall–Kier alpha value is -3.47. The lowest BCUT2D eigenvalue weighted by molar-refractivity contribution is 0.0954. The lowest BCUT2D eigenvalue weighted by Crippen LogP contribution is -2.25. The Labute approximate surface area is 177 Å². The number of rotatable bonds is 10. The molecule has 156 valence electrons. The van der Waals surface area contributed by atoms with E-state index in [2.05, 4.69) is 17.4 Å². The Kier molecular flexibility index (Phi) is 7.72. The number of carbonyl (C=O) groups excluding carboxylic acids is 1.